The molecule has 1 aromatic heterocycles. The topological polar surface area (TPSA) is 65.5 Å². The van der Waals surface area contributed by atoms with Gasteiger partial charge in [-0.1, -0.05) is 23.8 Å². The predicted octanol–water partition coefficient (Wildman–Crippen LogP) is 3.29. The van der Waals surface area contributed by atoms with Crippen LogP contribution in [-0.2, 0) is 11.3 Å². The van der Waals surface area contributed by atoms with E-state index >= 15 is 0 Å². The van der Waals surface area contributed by atoms with E-state index in [0.717, 1.165) is 29.8 Å². The van der Waals surface area contributed by atoms with Crippen LogP contribution in [0.15, 0.2) is 48.7 Å². The first-order chi connectivity index (χ1) is 13.5. The molecule has 0 bridgehead atoms. The Hall–Kier alpha value is -2.89. The first-order valence-electron chi connectivity index (χ1n) is 9.74. The van der Waals surface area contributed by atoms with E-state index in [1.165, 1.54) is 0 Å². The van der Waals surface area contributed by atoms with Crippen LogP contribution in [0.25, 0.3) is 0 Å². The molecular weight excluding hydrogens is 352 g/mol. The number of aryl methyl sites for hydroxylation is 1. The molecule has 2 aliphatic rings. The third-order valence-corrected chi connectivity index (χ3v) is 5.96. The zero-order chi connectivity index (χ0) is 19.7. The highest BCUT2D eigenvalue weighted by Gasteiger charge is 2.61. The first-order valence-corrected chi connectivity index (χ1v) is 9.74. The van der Waals surface area contributed by atoms with Crippen molar-refractivity contribution >= 4 is 17.6 Å². The first kappa shape index (κ1) is 18.5. The molecule has 1 aromatic carbocycles. The standard InChI is InChI=1S/C22H26N4O2/c1-16-6-8-17(9-7-16)24-21(28)26-12-10-22(15-26)13-19(22)20(27)25(2)14-18-5-3-4-11-23-18/h3-9,11,19H,10,12-15H2,1-2H3,(H,24,28)/t19-,22-/m1/s1. The Morgan fingerprint density at radius 3 is 2.75 bits per heavy atom. The summed E-state index contributed by atoms with van der Waals surface area (Å²) in [5, 5.41) is 2.96. The van der Waals surface area contributed by atoms with Gasteiger partial charge in [-0.2, -0.15) is 0 Å². The molecule has 4 rings (SSSR count). The fourth-order valence-electron chi connectivity index (χ4n) is 4.14. The van der Waals surface area contributed by atoms with E-state index < -0.39 is 0 Å². The van der Waals surface area contributed by atoms with Crippen LogP contribution in [0.5, 0.6) is 0 Å². The molecule has 6 nitrogen and oxygen atoms in total. The number of hydrogen-bond donors (Lipinski definition) is 1. The monoisotopic (exact) mass is 378 g/mol. The van der Waals surface area contributed by atoms with Crippen molar-refractivity contribution in [2.24, 2.45) is 11.3 Å². The molecule has 1 saturated heterocycles. The normalized spacial score (nSPS) is 22.9. The number of carbonyl (C=O) groups excluding carboxylic acids is 2. The van der Waals surface area contributed by atoms with Crippen LogP contribution in [0.3, 0.4) is 0 Å². The van der Waals surface area contributed by atoms with E-state index in [0.29, 0.717) is 19.6 Å². The van der Waals surface area contributed by atoms with Gasteiger partial charge in [-0.25, -0.2) is 4.79 Å². The number of rotatable bonds is 4. The second-order valence-corrected chi connectivity index (χ2v) is 8.10. The minimum absolute atomic E-state index is 0.0124. The minimum Gasteiger partial charge on any atom is -0.340 e. The highest BCUT2D eigenvalue weighted by atomic mass is 16.2. The van der Waals surface area contributed by atoms with Gasteiger partial charge in [0, 0.05) is 43.4 Å². The number of pyridine rings is 1. The summed E-state index contributed by atoms with van der Waals surface area (Å²) in [6.07, 6.45) is 3.50. The van der Waals surface area contributed by atoms with Crippen molar-refractivity contribution in [3.8, 4) is 0 Å². The summed E-state index contributed by atoms with van der Waals surface area (Å²) in [4.78, 5) is 33.3. The van der Waals surface area contributed by atoms with Crippen molar-refractivity contribution in [2.45, 2.75) is 26.3 Å². The molecule has 2 aromatic rings. The van der Waals surface area contributed by atoms with Crippen LogP contribution >= 0.6 is 0 Å². The van der Waals surface area contributed by atoms with E-state index in [4.69, 9.17) is 0 Å². The van der Waals surface area contributed by atoms with Gasteiger partial charge < -0.3 is 15.1 Å². The molecule has 3 amide bonds. The SMILES string of the molecule is Cc1ccc(NC(=O)N2CC[C@@]3(C[C@@H]3C(=O)N(C)Cc3ccccn3)C2)cc1. The molecule has 146 valence electrons. The van der Waals surface area contributed by atoms with E-state index in [1.807, 2.05) is 61.3 Å². The summed E-state index contributed by atoms with van der Waals surface area (Å²) in [6.45, 7) is 3.89. The molecule has 2 heterocycles. The number of aromatic nitrogens is 1. The molecule has 28 heavy (non-hydrogen) atoms. The van der Waals surface area contributed by atoms with Crippen LogP contribution in [0.1, 0.15) is 24.1 Å². The molecule has 0 radical (unpaired) electrons. The number of hydrogen-bond acceptors (Lipinski definition) is 3. The van der Waals surface area contributed by atoms with Crippen molar-refractivity contribution in [3.63, 3.8) is 0 Å². The van der Waals surface area contributed by atoms with E-state index in [1.54, 1.807) is 11.1 Å². The summed E-state index contributed by atoms with van der Waals surface area (Å²) >= 11 is 0. The van der Waals surface area contributed by atoms with Crippen LogP contribution in [0, 0.1) is 18.3 Å². The molecule has 1 N–H and O–H groups in total. The Kier molecular flexibility index (Phi) is 4.79. The Labute approximate surface area is 165 Å². The number of benzene rings is 1. The van der Waals surface area contributed by atoms with E-state index in [-0.39, 0.29) is 23.3 Å². The Balaban J connectivity index is 1.32. The highest BCUT2D eigenvalue weighted by Crippen LogP contribution is 2.59. The number of anilines is 1. The van der Waals surface area contributed by atoms with Gasteiger partial charge in [-0.15, -0.1) is 0 Å². The number of nitrogens with zero attached hydrogens (tertiary/aromatic N) is 3. The maximum Gasteiger partial charge on any atom is 0.321 e. The highest BCUT2D eigenvalue weighted by molar-refractivity contribution is 5.90. The Morgan fingerprint density at radius 1 is 1.25 bits per heavy atom. The van der Waals surface area contributed by atoms with Crippen LogP contribution in [0.4, 0.5) is 10.5 Å². The third kappa shape index (κ3) is 3.72. The summed E-state index contributed by atoms with van der Waals surface area (Å²) in [5.41, 5.74) is 2.81. The van der Waals surface area contributed by atoms with Crippen molar-refractivity contribution < 1.29 is 9.59 Å². The lowest BCUT2D eigenvalue weighted by Gasteiger charge is -2.20. The van der Waals surface area contributed by atoms with Gasteiger partial charge in [0.2, 0.25) is 5.91 Å². The van der Waals surface area contributed by atoms with Gasteiger partial charge in [0.1, 0.15) is 0 Å². The maximum absolute atomic E-state index is 12.8. The summed E-state index contributed by atoms with van der Waals surface area (Å²) < 4.78 is 0. The summed E-state index contributed by atoms with van der Waals surface area (Å²) in [7, 11) is 1.83. The zero-order valence-corrected chi connectivity index (χ0v) is 16.4. The van der Waals surface area contributed by atoms with Crippen molar-refractivity contribution in [2.75, 3.05) is 25.5 Å². The van der Waals surface area contributed by atoms with Gasteiger partial charge in [-0.3, -0.25) is 9.78 Å². The number of amides is 3. The quantitative estimate of drug-likeness (QED) is 0.888. The largest absolute Gasteiger partial charge is 0.340 e. The lowest BCUT2D eigenvalue weighted by molar-refractivity contribution is -0.132. The van der Waals surface area contributed by atoms with Gasteiger partial charge >= 0.3 is 6.03 Å². The van der Waals surface area contributed by atoms with Gasteiger partial charge in [0.25, 0.3) is 0 Å². The summed E-state index contributed by atoms with van der Waals surface area (Å²) in [5.74, 6) is 0.171. The van der Waals surface area contributed by atoms with Gasteiger partial charge in [0.05, 0.1) is 12.2 Å². The van der Waals surface area contributed by atoms with Gasteiger partial charge in [0.15, 0.2) is 0 Å². The maximum atomic E-state index is 12.8. The second-order valence-electron chi connectivity index (χ2n) is 8.10. The van der Waals surface area contributed by atoms with Crippen molar-refractivity contribution in [1.29, 1.82) is 0 Å². The molecule has 6 heteroatoms. The molecule has 2 fully saturated rings. The number of urea groups is 1. The van der Waals surface area contributed by atoms with Gasteiger partial charge in [-0.05, 0) is 44.0 Å². The fraction of sp³-hybridized carbons (Fsp3) is 0.409. The van der Waals surface area contributed by atoms with E-state index in [2.05, 4.69) is 10.3 Å². The van der Waals surface area contributed by atoms with Crippen molar-refractivity contribution in [3.05, 3.63) is 59.9 Å². The molecular formula is C22H26N4O2. The Morgan fingerprint density at radius 2 is 2.04 bits per heavy atom. The number of carbonyl (C=O) groups is 2. The lowest BCUT2D eigenvalue weighted by Crippen LogP contribution is -2.34. The van der Waals surface area contributed by atoms with Crippen LogP contribution in [-0.4, -0.2) is 46.9 Å². The lowest BCUT2D eigenvalue weighted by atomic mass is 10.0. The molecule has 1 spiro atoms. The van der Waals surface area contributed by atoms with Crippen molar-refractivity contribution in [1.82, 2.24) is 14.8 Å². The van der Waals surface area contributed by atoms with E-state index in [9.17, 15) is 9.59 Å². The molecule has 1 aliphatic heterocycles. The summed E-state index contributed by atoms with van der Waals surface area (Å²) in [6, 6.07) is 13.4. The fourth-order valence-corrected chi connectivity index (χ4v) is 4.14. The zero-order valence-electron chi connectivity index (χ0n) is 16.4. The molecule has 1 aliphatic carbocycles. The van der Waals surface area contributed by atoms with Crippen LogP contribution in [0.2, 0.25) is 0 Å². The molecule has 1 saturated carbocycles. The smallest absolute Gasteiger partial charge is 0.321 e. The average Bonchev–Trinajstić information content (AvgIpc) is 3.22. The van der Waals surface area contributed by atoms with Crippen LogP contribution < -0.4 is 5.32 Å². The second kappa shape index (κ2) is 7.26. The number of likely N-dealkylation sites (tertiary alicyclic amines) is 1. The predicted molar refractivity (Wildman–Crippen MR) is 108 cm³/mol. The Bertz CT molecular complexity index is 868. The molecule has 0 unspecified atom stereocenters. The minimum atomic E-state index is -0.0827. The average molecular weight is 378 g/mol. The number of nitrogens with one attached hydrogen (secondary N) is 1. The molecule has 2 atom stereocenters. The third-order valence-electron chi connectivity index (χ3n) is 5.96.